The molecule has 1 aromatic heterocycles. The lowest BCUT2D eigenvalue weighted by Crippen LogP contribution is -2.59. The van der Waals surface area contributed by atoms with E-state index in [0.29, 0.717) is 13.1 Å². The van der Waals surface area contributed by atoms with Crippen LogP contribution in [0.3, 0.4) is 0 Å². The number of hydrogen-bond acceptors (Lipinski definition) is 10. The molecule has 1 fully saturated rings. The second-order valence-electron chi connectivity index (χ2n) is 14.0. The number of aromatic nitrogens is 1. The number of hydrogen-bond donors (Lipinski definition) is 2. The van der Waals surface area contributed by atoms with Crippen LogP contribution < -0.4 is 14.4 Å². The molecule has 0 amide bonds. The summed E-state index contributed by atoms with van der Waals surface area (Å²) in [5, 5.41) is 28.5. The predicted molar refractivity (Wildman–Crippen MR) is 186 cm³/mol. The Morgan fingerprint density at radius 2 is 1.63 bits per heavy atom. The lowest BCUT2D eigenvalue weighted by atomic mass is 9.58. The van der Waals surface area contributed by atoms with Crippen LogP contribution in [0.1, 0.15) is 68.5 Å². The number of halogens is 2. The number of aliphatic hydroxyl groups excluding tert-OH is 1. The third-order valence-corrected chi connectivity index (χ3v) is 11.1. The van der Waals surface area contributed by atoms with Crippen molar-refractivity contribution >= 4 is 28.9 Å². The van der Waals surface area contributed by atoms with Crippen LogP contribution in [0.15, 0.2) is 76.5 Å². The smallest absolute Gasteiger partial charge is 0.265 e. The molecule has 0 bridgehead atoms. The number of aliphatic hydroxyl groups is 2. The number of allylic oxidation sites excluding steroid dienone is 1. The second-order valence-corrected chi connectivity index (χ2v) is 14.3. The van der Waals surface area contributed by atoms with Crippen molar-refractivity contribution in [3.63, 3.8) is 0 Å². The molecule has 1 saturated heterocycles. The number of anilines is 1. The van der Waals surface area contributed by atoms with Gasteiger partial charge in [0.1, 0.15) is 29.6 Å². The summed E-state index contributed by atoms with van der Waals surface area (Å²) in [6.07, 6.45) is 1.83. The first-order valence-corrected chi connectivity index (χ1v) is 17.5. The number of rotatable bonds is 8. The fourth-order valence-corrected chi connectivity index (χ4v) is 8.72. The molecule has 51 heavy (non-hydrogen) atoms. The van der Waals surface area contributed by atoms with Crippen LogP contribution in [0.2, 0.25) is 5.02 Å². The third-order valence-electron chi connectivity index (χ3n) is 10.8. The number of benzene rings is 3. The first kappa shape index (κ1) is 33.4. The van der Waals surface area contributed by atoms with Crippen LogP contribution in [0.25, 0.3) is 0 Å². The molecule has 2 heterocycles. The highest BCUT2D eigenvalue weighted by molar-refractivity contribution is 6.36. The maximum absolute atomic E-state index is 16.7. The van der Waals surface area contributed by atoms with Gasteiger partial charge in [0, 0.05) is 30.1 Å². The van der Waals surface area contributed by atoms with E-state index >= 15 is 4.39 Å². The SMILES string of the molecule is CN(C)[C@@H]1c2onc(OCc3ccccc3)c2C(=O)[C@@]2(O)C(O)=C3C(=O)c4c(c(F)c(N5CCCC5)c(Cl)c4OCc4ccccc4)C[C@H]3C[C@@H]12. The van der Waals surface area contributed by atoms with Crippen LogP contribution in [0.5, 0.6) is 11.6 Å². The normalized spacial score (nSPS) is 24.0. The Labute approximate surface area is 299 Å². The van der Waals surface area contributed by atoms with Crippen molar-refractivity contribution in [2.75, 3.05) is 32.1 Å². The molecular formula is C39H37ClFN3O7. The predicted octanol–water partition coefficient (Wildman–Crippen LogP) is 6.64. The maximum Gasteiger partial charge on any atom is 0.265 e. The summed E-state index contributed by atoms with van der Waals surface area (Å²) in [5.74, 6) is -4.62. The topological polar surface area (TPSA) is 126 Å². The highest BCUT2D eigenvalue weighted by atomic mass is 35.5. The minimum atomic E-state index is -2.53. The Hall–Kier alpha value is -4.71. The van der Waals surface area contributed by atoms with Gasteiger partial charge < -0.3 is 29.1 Å². The lowest BCUT2D eigenvalue weighted by molar-refractivity contribution is -0.0559. The Balaban J connectivity index is 1.24. The van der Waals surface area contributed by atoms with Gasteiger partial charge in [0.25, 0.3) is 5.88 Å². The second kappa shape index (κ2) is 12.8. The summed E-state index contributed by atoms with van der Waals surface area (Å²) in [7, 11) is 3.52. The number of nitrogens with zero attached hydrogens (tertiary/aromatic N) is 3. The molecule has 3 aliphatic carbocycles. The number of Topliss-reactive ketones (excluding diaryl/α,β-unsaturated/α-hetero) is 2. The molecule has 10 nitrogen and oxygen atoms in total. The van der Waals surface area contributed by atoms with Crippen LogP contribution in [-0.2, 0) is 19.6 Å². The first-order chi connectivity index (χ1) is 24.6. The molecule has 0 saturated carbocycles. The van der Waals surface area contributed by atoms with Gasteiger partial charge in [-0.25, -0.2) is 4.39 Å². The minimum Gasteiger partial charge on any atom is -0.508 e. The number of ether oxygens (including phenoxy) is 2. The molecule has 264 valence electrons. The molecule has 8 rings (SSSR count). The average Bonchev–Trinajstić information content (AvgIpc) is 3.81. The minimum absolute atomic E-state index is 0.00995. The van der Waals surface area contributed by atoms with Gasteiger partial charge in [0.2, 0.25) is 5.78 Å². The van der Waals surface area contributed by atoms with Crippen molar-refractivity contribution < 1.29 is 38.2 Å². The van der Waals surface area contributed by atoms with Gasteiger partial charge in [-0.1, -0.05) is 72.3 Å². The average molecular weight is 714 g/mol. The van der Waals surface area contributed by atoms with E-state index in [9.17, 15) is 19.8 Å². The first-order valence-electron chi connectivity index (χ1n) is 17.1. The van der Waals surface area contributed by atoms with Crippen molar-refractivity contribution in [3.8, 4) is 11.6 Å². The highest BCUT2D eigenvalue weighted by Gasteiger charge is 2.64. The quantitative estimate of drug-likeness (QED) is 0.205. The Kier molecular flexibility index (Phi) is 8.40. The van der Waals surface area contributed by atoms with Gasteiger partial charge in [-0.2, -0.15) is 0 Å². The molecule has 4 aliphatic rings. The zero-order chi connectivity index (χ0) is 35.6. The van der Waals surface area contributed by atoms with E-state index in [-0.39, 0.29) is 76.4 Å². The van der Waals surface area contributed by atoms with Crippen LogP contribution in [0.4, 0.5) is 10.1 Å². The lowest BCUT2D eigenvalue weighted by Gasteiger charge is -2.49. The van der Waals surface area contributed by atoms with Gasteiger partial charge in [0.05, 0.1) is 17.3 Å². The van der Waals surface area contributed by atoms with Gasteiger partial charge in [-0.3, -0.25) is 14.5 Å². The summed E-state index contributed by atoms with van der Waals surface area (Å²) >= 11 is 6.95. The van der Waals surface area contributed by atoms with Gasteiger partial charge >= 0.3 is 0 Å². The van der Waals surface area contributed by atoms with E-state index in [4.69, 9.17) is 25.6 Å². The largest absolute Gasteiger partial charge is 0.508 e. The molecule has 4 aromatic rings. The van der Waals surface area contributed by atoms with Gasteiger partial charge in [0.15, 0.2) is 28.7 Å². The summed E-state index contributed by atoms with van der Waals surface area (Å²) in [6.45, 7) is 1.34. The standard InChI is InChI=1S/C39H37ClFN3O7/c1-43(2)31-25-18-23-17-24-27(34(49-19-21-11-5-3-6-12-21)29(40)32(30(24)41)44-15-9-10-16-44)33(45)26(23)36(46)39(25,48)37(47)28-35(31)51-42-38(28)50-20-22-13-7-4-8-14-22/h3-8,11-14,23,25,31,46,48H,9-10,15-20H2,1-2H3/t23-,25-,31-,39-/m0/s1. The summed E-state index contributed by atoms with van der Waals surface area (Å²) in [5.41, 5.74) is -0.935. The molecule has 0 unspecified atom stereocenters. The molecule has 0 spiro atoms. The number of carbonyl (C=O) groups excluding carboxylic acids is 2. The Bertz CT molecular complexity index is 2060. The van der Waals surface area contributed by atoms with Gasteiger partial charge in [-0.05, 0) is 62.0 Å². The summed E-state index contributed by atoms with van der Waals surface area (Å²) in [4.78, 5) is 32.7. The number of fused-ring (bicyclic) bond motifs is 4. The number of ketones is 2. The molecule has 0 radical (unpaired) electrons. The molecule has 12 heteroatoms. The number of carbonyl (C=O) groups is 2. The van der Waals surface area contributed by atoms with Crippen molar-refractivity contribution in [3.05, 3.63) is 116 Å². The Morgan fingerprint density at radius 1 is 1.00 bits per heavy atom. The van der Waals surface area contributed by atoms with Crippen molar-refractivity contribution in [1.82, 2.24) is 10.1 Å². The van der Waals surface area contributed by atoms with E-state index in [1.165, 1.54) is 0 Å². The van der Waals surface area contributed by atoms with E-state index in [2.05, 4.69) is 5.16 Å². The molecule has 4 atom stereocenters. The molecular weight excluding hydrogens is 677 g/mol. The van der Waals surface area contributed by atoms with Gasteiger partial charge in [-0.15, -0.1) is 0 Å². The van der Waals surface area contributed by atoms with Crippen molar-refractivity contribution in [1.29, 1.82) is 0 Å². The van der Waals surface area contributed by atoms with E-state index in [1.54, 1.807) is 19.0 Å². The van der Waals surface area contributed by atoms with Crippen molar-refractivity contribution in [2.45, 2.75) is 50.5 Å². The van der Waals surface area contributed by atoms with E-state index in [0.717, 1.165) is 24.0 Å². The zero-order valence-corrected chi connectivity index (χ0v) is 29.0. The summed E-state index contributed by atoms with van der Waals surface area (Å²) in [6, 6.07) is 17.8. The zero-order valence-electron chi connectivity index (χ0n) is 28.2. The van der Waals surface area contributed by atoms with Crippen LogP contribution >= 0.6 is 11.6 Å². The third kappa shape index (κ3) is 5.24. The fraction of sp³-hybridized carbons (Fsp3) is 0.359. The maximum atomic E-state index is 16.7. The van der Waals surface area contributed by atoms with E-state index in [1.807, 2.05) is 65.6 Å². The monoisotopic (exact) mass is 713 g/mol. The summed E-state index contributed by atoms with van der Waals surface area (Å²) < 4.78 is 34.7. The highest BCUT2D eigenvalue weighted by Crippen LogP contribution is 2.57. The molecule has 2 N–H and O–H groups in total. The van der Waals surface area contributed by atoms with Crippen molar-refractivity contribution in [2.24, 2.45) is 11.8 Å². The Morgan fingerprint density at radius 3 is 2.25 bits per heavy atom. The molecule has 3 aromatic carbocycles. The van der Waals surface area contributed by atoms with Crippen LogP contribution in [0, 0.1) is 17.7 Å². The van der Waals surface area contributed by atoms with E-state index < -0.39 is 46.6 Å². The van der Waals surface area contributed by atoms with Crippen LogP contribution in [-0.4, -0.2) is 64.6 Å². The fourth-order valence-electron chi connectivity index (χ4n) is 8.37. The molecule has 1 aliphatic heterocycles.